The second kappa shape index (κ2) is 7.21. The smallest absolute Gasteiger partial charge is 0.407 e. The van der Waals surface area contributed by atoms with Gasteiger partial charge in [-0.15, -0.1) is 0 Å². The minimum atomic E-state index is -1.09. The number of rotatable bonds is 5. The van der Waals surface area contributed by atoms with Gasteiger partial charge in [0.1, 0.15) is 0 Å². The number of carbonyl (C=O) groups is 2. The van der Waals surface area contributed by atoms with E-state index in [1.807, 2.05) is 6.07 Å². The first kappa shape index (κ1) is 17.4. The van der Waals surface area contributed by atoms with E-state index < -0.39 is 23.9 Å². The van der Waals surface area contributed by atoms with Crippen LogP contribution in [0, 0.1) is 5.92 Å². The van der Waals surface area contributed by atoms with Gasteiger partial charge in [-0.3, -0.25) is 4.79 Å². The van der Waals surface area contributed by atoms with Gasteiger partial charge in [-0.25, -0.2) is 4.79 Å². The van der Waals surface area contributed by atoms with E-state index in [4.69, 9.17) is 9.47 Å². The molecule has 3 rings (SSSR count). The number of amides is 1. The van der Waals surface area contributed by atoms with E-state index in [0.29, 0.717) is 11.5 Å². The summed E-state index contributed by atoms with van der Waals surface area (Å²) in [6.45, 7) is 0.168. The number of hydrogen-bond donors (Lipinski definition) is 2. The summed E-state index contributed by atoms with van der Waals surface area (Å²) in [6, 6.07) is 5.37. The lowest BCUT2D eigenvalue weighted by molar-refractivity contribution is -0.141. The van der Waals surface area contributed by atoms with Gasteiger partial charge in [0.05, 0.1) is 19.1 Å². The Labute approximate surface area is 146 Å². The molecule has 1 saturated heterocycles. The third kappa shape index (κ3) is 3.65. The van der Waals surface area contributed by atoms with Crippen LogP contribution in [0.2, 0.25) is 0 Å². The number of aliphatic carboxylic acids is 1. The molecular weight excluding hydrogens is 326 g/mol. The normalized spacial score (nSPS) is 23.6. The van der Waals surface area contributed by atoms with Gasteiger partial charge in [-0.05, 0) is 43.4 Å². The van der Waals surface area contributed by atoms with Crippen molar-refractivity contribution in [2.75, 3.05) is 20.2 Å². The van der Waals surface area contributed by atoms with Gasteiger partial charge in [0, 0.05) is 19.0 Å². The van der Waals surface area contributed by atoms with Crippen LogP contribution in [-0.4, -0.2) is 53.5 Å². The molecule has 1 unspecified atom stereocenters. The fourth-order valence-corrected chi connectivity index (χ4v) is 3.75. The highest BCUT2D eigenvalue weighted by atomic mass is 16.5. The number of carboxylic acid groups (broad SMARTS) is 2. The third-order valence-electron chi connectivity index (χ3n) is 5.12. The second-order valence-electron chi connectivity index (χ2n) is 6.67. The lowest BCUT2D eigenvalue weighted by atomic mass is 9.89. The Kier molecular flexibility index (Phi) is 5.01. The van der Waals surface area contributed by atoms with Gasteiger partial charge in [0.25, 0.3) is 0 Å². The van der Waals surface area contributed by atoms with E-state index in [9.17, 15) is 19.8 Å². The zero-order valence-electron chi connectivity index (χ0n) is 14.2. The predicted octanol–water partition coefficient (Wildman–Crippen LogP) is 2.79. The van der Waals surface area contributed by atoms with Crippen LogP contribution < -0.4 is 9.47 Å². The zero-order valence-corrected chi connectivity index (χ0v) is 14.2. The molecule has 1 aliphatic carbocycles. The molecule has 2 N–H and O–H groups in total. The van der Waals surface area contributed by atoms with Gasteiger partial charge >= 0.3 is 12.1 Å². The molecule has 1 aromatic carbocycles. The van der Waals surface area contributed by atoms with E-state index in [0.717, 1.165) is 36.1 Å². The second-order valence-corrected chi connectivity index (χ2v) is 6.67. The molecule has 1 amide bonds. The van der Waals surface area contributed by atoms with Crippen molar-refractivity contribution in [1.82, 2.24) is 4.90 Å². The van der Waals surface area contributed by atoms with Crippen LogP contribution in [0.1, 0.15) is 37.2 Å². The van der Waals surface area contributed by atoms with Crippen molar-refractivity contribution in [3.05, 3.63) is 23.8 Å². The number of carboxylic acids is 1. The molecule has 2 fully saturated rings. The molecule has 1 aromatic rings. The van der Waals surface area contributed by atoms with Crippen LogP contribution in [-0.2, 0) is 4.79 Å². The van der Waals surface area contributed by atoms with Crippen molar-refractivity contribution in [3.8, 4) is 11.5 Å². The van der Waals surface area contributed by atoms with Crippen LogP contribution in [0.25, 0.3) is 0 Å². The van der Waals surface area contributed by atoms with Crippen molar-refractivity contribution in [3.63, 3.8) is 0 Å². The van der Waals surface area contributed by atoms with Gasteiger partial charge < -0.3 is 24.6 Å². The van der Waals surface area contributed by atoms with Crippen LogP contribution >= 0.6 is 0 Å². The molecule has 2 atom stereocenters. The quantitative estimate of drug-likeness (QED) is 0.848. The molecule has 7 heteroatoms. The molecule has 136 valence electrons. The molecule has 2 aliphatic rings. The number of benzene rings is 1. The summed E-state index contributed by atoms with van der Waals surface area (Å²) in [5, 5.41) is 18.7. The first-order valence-electron chi connectivity index (χ1n) is 8.55. The number of ether oxygens (including phenoxy) is 2. The largest absolute Gasteiger partial charge is 0.493 e. The van der Waals surface area contributed by atoms with E-state index in [-0.39, 0.29) is 19.2 Å². The van der Waals surface area contributed by atoms with Crippen LogP contribution in [0.5, 0.6) is 11.5 Å². The number of methoxy groups -OCH3 is 1. The van der Waals surface area contributed by atoms with Crippen molar-refractivity contribution in [1.29, 1.82) is 0 Å². The number of hydrogen-bond acceptors (Lipinski definition) is 4. The molecular formula is C18H23NO6. The highest BCUT2D eigenvalue weighted by molar-refractivity contribution is 5.75. The number of nitrogens with zero attached hydrogens (tertiary/aromatic N) is 1. The fourth-order valence-electron chi connectivity index (χ4n) is 3.75. The van der Waals surface area contributed by atoms with E-state index in [1.165, 1.54) is 0 Å². The minimum absolute atomic E-state index is 0.000177. The summed E-state index contributed by atoms with van der Waals surface area (Å²) in [6.07, 6.45) is 3.35. The molecule has 0 aromatic heterocycles. The van der Waals surface area contributed by atoms with Gasteiger partial charge in [-0.2, -0.15) is 0 Å². The SMILES string of the molecule is COc1ccc(C2CN(C(=O)O)C[C@H]2C(=O)O)cc1OC1CCCC1. The first-order chi connectivity index (χ1) is 12.0. The Morgan fingerprint density at radius 1 is 1.12 bits per heavy atom. The molecule has 7 nitrogen and oxygen atoms in total. The Balaban J connectivity index is 1.87. The van der Waals surface area contributed by atoms with E-state index in [2.05, 4.69) is 0 Å². The van der Waals surface area contributed by atoms with Crippen molar-refractivity contribution in [2.45, 2.75) is 37.7 Å². The highest BCUT2D eigenvalue weighted by Gasteiger charge is 2.40. The lowest BCUT2D eigenvalue weighted by Gasteiger charge is -2.20. The number of likely N-dealkylation sites (tertiary alicyclic amines) is 1. The van der Waals surface area contributed by atoms with Crippen molar-refractivity contribution < 1.29 is 29.3 Å². The van der Waals surface area contributed by atoms with Crippen LogP contribution in [0.4, 0.5) is 4.79 Å². The monoisotopic (exact) mass is 349 g/mol. The molecule has 0 bridgehead atoms. The standard InChI is InChI=1S/C18H23NO6/c1-24-15-7-6-11(8-16(15)25-12-4-2-3-5-12)13-9-19(18(22)23)10-14(13)17(20)21/h6-8,12-14H,2-5,9-10H2,1H3,(H,20,21)(H,22,23)/t13?,14-/m1/s1. The summed E-state index contributed by atoms with van der Waals surface area (Å²) in [4.78, 5) is 24.0. The molecule has 0 radical (unpaired) electrons. The molecule has 1 heterocycles. The average molecular weight is 349 g/mol. The van der Waals surface area contributed by atoms with Gasteiger partial charge in [0.2, 0.25) is 0 Å². The summed E-state index contributed by atoms with van der Waals surface area (Å²) in [7, 11) is 1.57. The molecule has 0 spiro atoms. The summed E-state index contributed by atoms with van der Waals surface area (Å²) >= 11 is 0. The van der Waals surface area contributed by atoms with Crippen molar-refractivity contribution >= 4 is 12.1 Å². The Morgan fingerprint density at radius 3 is 2.44 bits per heavy atom. The topological polar surface area (TPSA) is 96.3 Å². The molecule has 1 aliphatic heterocycles. The summed E-state index contributed by atoms with van der Waals surface area (Å²) in [5.74, 6) is -0.933. The van der Waals surface area contributed by atoms with Crippen LogP contribution in [0.15, 0.2) is 18.2 Å². The molecule has 25 heavy (non-hydrogen) atoms. The maximum Gasteiger partial charge on any atom is 0.407 e. The van der Waals surface area contributed by atoms with E-state index in [1.54, 1.807) is 19.2 Å². The predicted molar refractivity (Wildman–Crippen MR) is 89.3 cm³/mol. The first-order valence-corrected chi connectivity index (χ1v) is 8.55. The highest BCUT2D eigenvalue weighted by Crippen LogP contribution is 2.39. The Bertz CT molecular complexity index is 655. The minimum Gasteiger partial charge on any atom is -0.493 e. The molecule has 1 saturated carbocycles. The van der Waals surface area contributed by atoms with Crippen molar-refractivity contribution in [2.24, 2.45) is 5.92 Å². The van der Waals surface area contributed by atoms with Crippen LogP contribution in [0.3, 0.4) is 0 Å². The van der Waals surface area contributed by atoms with Gasteiger partial charge in [0.15, 0.2) is 11.5 Å². The summed E-state index contributed by atoms with van der Waals surface area (Å²) in [5.41, 5.74) is 0.768. The lowest BCUT2D eigenvalue weighted by Crippen LogP contribution is -2.28. The maximum absolute atomic E-state index is 11.6. The Morgan fingerprint density at radius 2 is 1.84 bits per heavy atom. The maximum atomic E-state index is 11.6. The fraction of sp³-hybridized carbons (Fsp3) is 0.556. The van der Waals surface area contributed by atoms with E-state index >= 15 is 0 Å². The van der Waals surface area contributed by atoms with Gasteiger partial charge in [-0.1, -0.05) is 6.07 Å². The Hall–Kier alpha value is -2.44. The summed E-state index contributed by atoms with van der Waals surface area (Å²) < 4.78 is 11.4. The zero-order chi connectivity index (χ0) is 18.0. The average Bonchev–Trinajstić information content (AvgIpc) is 3.24. The third-order valence-corrected chi connectivity index (χ3v) is 5.12.